The highest BCUT2D eigenvalue weighted by atomic mass is 32.2. The van der Waals surface area contributed by atoms with Gasteiger partial charge in [0.15, 0.2) is 12.2 Å². The van der Waals surface area contributed by atoms with Gasteiger partial charge >= 0.3 is 5.97 Å². The zero-order valence-electron chi connectivity index (χ0n) is 16.1. The first-order chi connectivity index (χ1) is 14.6. The van der Waals surface area contributed by atoms with Crippen molar-refractivity contribution in [3.05, 3.63) is 54.3 Å². The molecule has 1 aromatic heterocycles. The van der Waals surface area contributed by atoms with Crippen LogP contribution in [0.4, 0.5) is 10.1 Å². The second-order valence-corrected chi connectivity index (χ2v) is 7.67. The van der Waals surface area contributed by atoms with Crippen molar-refractivity contribution >= 4 is 40.4 Å². The minimum Gasteiger partial charge on any atom is -0.455 e. The van der Waals surface area contributed by atoms with Gasteiger partial charge in [0, 0.05) is 31.9 Å². The fourth-order valence-electron chi connectivity index (χ4n) is 3.17. The van der Waals surface area contributed by atoms with Gasteiger partial charge in [-0.2, -0.15) is 0 Å². The van der Waals surface area contributed by atoms with E-state index in [1.807, 2.05) is 18.2 Å². The van der Waals surface area contributed by atoms with Gasteiger partial charge in [-0.15, -0.1) is 0 Å². The Balaban J connectivity index is 1.19. The Bertz CT molecular complexity index is 999. The van der Waals surface area contributed by atoms with Gasteiger partial charge in [-0.05, 0) is 36.4 Å². The van der Waals surface area contributed by atoms with Crippen molar-refractivity contribution < 1.29 is 23.1 Å². The largest absolute Gasteiger partial charge is 0.455 e. The number of carbonyl (C=O) groups excluding carboxylic acids is 2. The van der Waals surface area contributed by atoms with Gasteiger partial charge in [0.1, 0.15) is 17.1 Å². The van der Waals surface area contributed by atoms with E-state index in [1.54, 1.807) is 23.1 Å². The van der Waals surface area contributed by atoms with Crippen molar-refractivity contribution in [2.75, 3.05) is 43.4 Å². The molecule has 7 nitrogen and oxygen atoms in total. The fraction of sp³-hybridized carbons (Fsp3) is 0.286. The lowest BCUT2D eigenvalue weighted by Crippen LogP contribution is -2.50. The van der Waals surface area contributed by atoms with Crippen LogP contribution in [0.3, 0.4) is 0 Å². The molecular formula is C21H20FN3O4S. The zero-order valence-corrected chi connectivity index (χ0v) is 16.9. The molecule has 1 aliphatic heterocycles. The Morgan fingerprint density at radius 2 is 1.80 bits per heavy atom. The number of para-hydroxylation sites is 2. The van der Waals surface area contributed by atoms with Crippen LogP contribution in [0, 0.1) is 5.82 Å². The van der Waals surface area contributed by atoms with Crippen LogP contribution in [-0.2, 0) is 14.3 Å². The second kappa shape index (κ2) is 9.17. The minimum absolute atomic E-state index is 0.0123. The van der Waals surface area contributed by atoms with E-state index in [4.69, 9.17) is 9.15 Å². The molecule has 0 unspecified atom stereocenters. The quantitative estimate of drug-likeness (QED) is 0.440. The highest BCUT2D eigenvalue weighted by Crippen LogP contribution is 2.23. The van der Waals surface area contributed by atoms with Gasteiger partial charge in [-0.3, -0.25) is 9.59 Å². The van der Waals surface area contributed by atoms with E-state index in [0.29, 0.717) is 37.0 Å². The summed E-state index contributed by atoms with van der Waals surface area (Å²) in [5.74, 6) is -0.989. The van der Waals surface area contributed by atoms with E-state index >= 15 is 0 Å². The number of aromatic nitrogens is 1. The number of carbonyl (C=O) groups is 2. The molecule has 0 N–H and O–H groups in total. The van der Waals surface area contributed by atoms with E-state index in [-0.39, 0.29) is 24.1 Å². The van der Waals surface area contributed by atoms with Gasteiger partial charge < -0.3 is 19.0 Å². The summed E-state index contributed by atoms with van der Waals surface area (Å²) in [5.41, 5.74) is 2.30. The lowest BCUT2D eigenvalue weighted by molar-refractivity contribution is -0.150. The number of nitrogens with zero attached hydrogens (tertiary/aromatic N) is 3. The smallest absolute Gasteiger partial charge is 0.316 e. The van der Waals surface area contributed by atoms with Gasteiger partial charge in [-0.1, -0.05) is 23.9 Å². The van der Waals surface area contributed by atoms with E-state index in [9.17, 15) is 14.0 Å². The molecule has 1 fully saturated rings. The van der Waals surface area contributed by atoms with Gasteiger partial charge in [0.05, 0.1) is 0 Å². The average Bonchev–Trinajstić information content (AvgIpc) is 3.20. The molecule has 2 aromatic carbocycles. The number of hydrogen-bond acceptors (Lipinski definition) is 7. The summed E-state index contributed by atoms with van der Waals surface area (Å²) in [7, 11) is 0. The van der Waals surface area contributed by atoms with Crippen molar-refractivity contribution in [3.63, 3.8) is 0 Å². The monoisotopic (exact) mass is 429 g/mol. The van der Waals surface area contributed by atoms with Crippen LogP contribution in [0.2, 0.25) is 0 Å². The normalized spacial score (nSPS) is 14.2. The minimum atomic E-state index is -0.499. The Kier molecular flexibility index (Phi) is 6.18. The number of esters is 1. The van der Waals surface area contributed by atoms with Crippen LogP contribution < -0.4 is 4.90 Å². The highest BCUT2D eigenvalue weighted by molar-refractivity contribution is 7.99. The van der Waals surface area contributed by atoms with Crippen molar-refractivity contribution in [2.24, 2.45) is 0 Å². The summed E-state index contributed by atoms with van der Waals surface area (Å²) in [6.07, 6.45) is 0. The molecule has 156 valence electrons. The average molecular weight is 429 g/mol. The Morgan fingerprint density at radius 1 is 1.07 bits per heavy atom. The highest BCUT2D eigenvalue weighted by Gasteiger charge is 2.22. The number of amides is 1. The topological polar surface area (TPSA) is 75.9 Å². The number of hydrogen-bond donors (Lipinski definition) is 0. The van der Waals surface area contributed by atoms with Crippen molar-refractivity contribution in [1.82, 2.24) is 9.88 Å². The van der Waals surface area contributed by atoms with Crippen LogP contribution in [0.15, 0.2) is 58.2 Å². The molecule has 0 saturated carbocycles. The molecule has 9 heteroatoms. The number of benzene rings is 2. The van der Waals surface area contributed by atoms with Crippen LogP contribution in [-0.4, -0.2) is 60.3 Å². The number of oxazole rings is 1. The van der Waals surface area contributed by atoms with E-state index < -0.39 is 5.97 Å². The standard InChI is InChI=1S/C21H20FN3O4S/c22-15-5-7-16(8-6-15)24-9-11-25(12-10-24)19(26)13-28-20(27)14-30-21-23-17-3-1-2-4-18(17)29-21/h1-8H,9-14H2. The third-order valence-electron chi connectivity index (χ3n) is 4.77. The predicted molar refractivity (Wildman–Crippen MR) is 111 cm³/mol. The molecule has 3 aromatic rings. The van der Waals surface area contributed by atoms with Crippen LogP contribution >= 0.6 is 11.8 Å². The van der Waals surface area contributed by atoms with E-state index in [1.165, 1.54) is 12.1 Å². The third kappa shape index (κ3) is 4.91. The third-order valence-corrected chi connectivity index (χ3v) is 5.57. The maximum atomic E-state index is 13.0. The molecule has 0 aliphatic carbocycles. The Hall–Kier alpha value is -3.07. The summed E-state index contributed by atoms with van der Waals surface area (Å²) >= 11 is 1.13. The maximum Gasteiger partial charge on any atom is 0.316 e. The summed E-state index contributed by atoms with van der Waals surface area (Å²) < 4.78 is 23.7. The molecule has 4 rings (SSSR count). The summed E-state index contributed by atoms with van der Waals surface area (Å²) in [5, 5.41) is 0.386. The number of piperazine rings is 1. The van der Waals surface area contributed by atoms with Crippen molar-refractivity contribution in [3.8, 4) is 0 Å². The number of halogens is 1. The number of fused-ring (bicyclic) bond motifs is 1. The molecule has 0 spiro atoms. The predicted octanol–water partition coefficient (Wildman–Crippen LogP) is 2.95. The molecule has 0 bridgehead atoms. The summed E-state index contributed by atoms with van der Waals surface area (Å²) in [6.45, 7) is 2.03. The number of thioether (sulfide) groups is 1. The lowest BCUT2D eigenvalue weighted by atomic mass is 10.2. The maximum absolute atomic E-state index is 13.0. The molecule has 30 heavy (non-hydrogen) atoms. The van der Waals surface area contributed by atoms with Gasteiger partial charge in [-0.25, -0.2) is 9.37 Å². The first-order valence-electron chi connectivity index (χ1n) is 9.51. The van der Waals surface area contributed by atoms with Gasteiger partial charge in [0.2, 0.25) is 0 Å². The fourth-order valence-corrected chi connectivity index (χ4v) is 3.81. The SMILES string of the molecule is O=C(CSc1nc2ccccc2o1)OCC(=O)N1CCN(c2ccc(F)cc2)CC1. The molecule has 1 amide bonds. The van der Waals surface area contributed by atoms with Crippen LogP contribution in [0.25, 0.3) is 11.1 Å². The Morgan fingerprint density at radius 3 is 2.53 bits per heavy atom. The van der Waals surface area contributed by atoms with Gasteiger partial charge in [0.25, 0.3) is 11.1 Å². The van der Waals surface area contributed by atoms with Crippen LogP contribution in [0.1, 0.15) is 0 Å². The first kappa shape index (κ1) is 20.2. The van der Waals surface area contributed by atoms with E-state index in [2.05, 4.69) is 9.88 Å². The zero-order chi connectivity index (χ0) is 20.9. The number of ether oxygens (including phenoxy) is 1. The molecule has 0 atom stereocenters. The molecule has 1 aliphatic rings. The second-order valence-electron chi connectivity index (χ2n) is 6.74. The lowest BCUT2D eigenvalue weighted by Gasteiger charge is -2.36. The van der Waals surface area contributed by atoms with Crippen LogP contribution in [0.5, 0.6) is 0 Å². The van der Waals surface area contributed by atoms with Crippen molar-refractivity contribution in [1.29, 1.82) is 0 Å². The Labute approximate surface area is 176 Å². The van der Waals surface area contributed by atoms with Crippen molar-refractivity contribution in [2.45, 2.75) is 5.22 Å². The summed E-state index contributed by atoms with van der Waals surface area (Å²) in [4.78, 5) is 32.3. The number of anilines is 1. The molecule has 2 heterocycles. The van der Waals surface area contributed by atoms with E-state index in [0.717, 1.165) is 23.0 Å². The molecular weight excluding hydrogens is 409 g/mol. The molecule has 0 radical (unpaired) electrons. The molecule has 1 saturated heterocycles. The summed E-state index contributed by atoms with van der Waals surface area (Å²) in [6, 6.07) is 13.6. The first-order valence-corrected chi connectivity index (χ1v) is 10.5. The number of rotatable bonds is 6.